The van der Waals surface area contributed by atoms with E-state index in [1.807, 2.05) is 30.3 Å². The Morgan fingerprint density at radius 1 is 1.28 bits per heavy atom. The van der Waals surface area contributed by atoms with Crippen molar-refractivity contribution < 1.29 is 0 Å². The molecule has 3 N–H and O–H groups in total. The second-order valence-electron chi connectivity index (χ2n) is 6.17. The molecule has 0 amide bonds. The van der Waals surface area contributed by atoms with Crippen LogP contribution in [0.25, 0.3) is 0 Å². The fourth-order valence-electron chi connectivity index (χ4n) is 3.45. The Morgan fingerprint density at radius 3 is 3.04 bits per heavy atom. The van der Waals surface area contributed by atoms with Crippen LogP contribution in [0.3, 0.4) is 0 Å². The minimum absolute atomic E-state index is 0.0112. The van der Waals surface area contributed by atoms with Crippen LogP contribution in [-0.2, 0) is 13.0 Å². The Balaban J connectivity index is 1.75. The second kappa shape index (κ2) is 6.38. The quantitative estimate of drug-likeness (QED) is 0.769. The maximum Gasteiger partial charge on any atom is 0.127 e. The Kier molecular flexibility index (Phi) is 3.92. The van der Waals surface area contributed by atoms with Gasteiger partial charge in [-0.2, -0.15) is 5.26 Å². The van der Waals surface area contributed by atoms with Gasteiger partial charge >= 0.3 is 0 Å². The molecule has 25 heavy (non-hydrogen) atoms. The van der Waals surface area contributed by atoms with Gasteiger partial charge in [0.05, 0.1) is 29.7 Å². The zero-order chi connectivity index (χ0) is 17.2. The molecule has 0 aliphatic carbocycles. The van der Waals surface area contributed by atoms with Gasteiger partial charge in [-0.15, -0.1) is 0 Å². The van der Waals surface area contributed by atoms with E-state index in [4.69, 9.17) is 5.73 Å². The van der Waals surface area contributed by atoms with Crippen LogP contribution < -0.4 is 5.73 Å². The highest BCUT2D eigenvalue weighted by Crippen LogP contribution is 2.35. The molecular weight excluding hydrogens is 312 g/mol. The molecule has 0 bridgehead atoms. The van der Waals surface area contributed by atoms with Crippen molar-refractivity contribution in [2.75, 3.05) is 12.3 Å². The number of nitrogen functional groups attached to an aromatic ring is 1. The van der Waals surface area contributed by atoms with E-state index in [0.717, 1.165) is 35.5 Å². The molecule has 3 aromatic rings. The van der Waals surface area contributed by atoms with Gasteiger partial charge in [0, 0.05) is 37.0 Å². The third kappa shape index (κ3) is 2.86. The molecule has 124 valence electrons. The summed E-state index contributed by atoms with van der Waals surface area (Å²) in [5.74, 6) is 0.555. The molecule has 1 aliphatic rings. The van der Waals surface area contributed by atoms with Gasteiger partial charge in [0.25, 0.3) is 0 Å². The number of nitriles is 1. The van der Waals surface area contributed by atoms with Gasteiger partial charge in [-0.05, 0) is 23.8 Å². The number of aromatic amines is 1. The molecule has 2 aromatic heterocycles. The van der Waals surface area contributed by atoms with Crippen LogP contribution in [0.5, 0.6) is 0 Å². The third-order valence-electron chi connectivity index (χ3n) is 4.66. The SMILES string of the molecule is N#Cc1cccc([C@H]2c3nc[nH]c3CCN2Cc2cccnc2N)c1. The highest BCUT2D eigenvalue weighted by molar-refractivity contribution is 5.41. The Hall–Kier alpha value is -3.17. The van der Waals surface area contributed by atoms with Gasteiger partial charge in [-0.25, -0.2) is 9.97 Å². The molecule has 4 rings (SSSR count). The highest BCUT2D eigenvalue weighted by Gasteiger charge is 2.31. The molecule has 0 saturated heterocycles. The average molecular weight is 330 g/mol. The lowest BCUT2D eigenvalue weighted by atomic mass is 9.94. The summed E-state index contributed by atoms with van der Waals surface area (Å²) < 4.78 is 0. The van der Waals surface area contributed by atoms with E-state index in [-0.39, 0.29) is 6.04 Å². The van der Waals surface area contributed by atoms with E-state index < -0.39 is 0 Å². The molecule has 3 heterocycles. The lowest BCUT2D eigenvalue weighted by Gasteiger charge is -2.35. The molecule has 1 atom stereocenters. The van der Waals surface area contributed by atoms with Crippen LogP contribution in [0, 0.1) is 11.3 Å². The number of H-pyrrole nitrogens is 1. The van der Waals surface area contributed by atoms with Gasteiger partial charge in [-0.3, -0.25) is 4.90 Å². The third-order valence-corrected chi connectivity index (χ3v) is 4.66. The monoisotopic (exact) mass is 330 g/mol. The number of aromatic nitrogens is 3. The molecule has 1 aliphatic heterocycles. The van der Waals surface area contributed by atoms with Crippen LogP contribution in [0.1, 0.15) is 34.1 Å². The zero-order valence-electron chi connectivity index (χ0n) is 13.7. The number of fused-ring (bicyclic) bond motifs is 1. The van der Waals surface area contributed by atoms with Crippen LogP contribution >= 0.6 is 0 Å². The standard InChI is InChI=1S/C19H18N6/c20-10-13-3-1-4-14(9-13)18-17-16(23-12-24-17)6-8-25(18)11-15-5-2-7-22-19(15)21/h1-5,7,9,12,18H,6,8,11H2,(H2,21,22)(H,23,24)/t18-/m0/s1. The molecule has 1 aromatic carbocycles. The van der Waals surface area contributed by atoms with E-state index in [2.05, 4.69) is 32.0 Å². The predicted molar refractivity (Wildman–Crippen MR) is 94.4 cm³/mol. The lowest BCUT2D eigenvalue weighted by molar-refractivity contribution is 0.200. The summed E-state index contributed by atoms with van der Waals surface area (Å²) >= 11 is 0. The molecule has 0 unspecified atom stereocenters. The van der Waals surface area contributed by atoms with E-state index in [0.29, 0.717) is 17.9 Å². The Bertz CT molecular complexity index is 939. The number of pyridine rings is 1. The maximum atomic E-state index is 9.24. The molecule has 0 spiro atoms. The first-order valence-electron chi connectivity index (χ1n) is 8.22. The Labute approximate surface area is 146 Å². The van der Waals surface area contributed by atoms with Crippen LogP contribution in [0.4, 0.5) is 5.82 Å². The van der Waals surface area contributed by atoms with Gasteiger partial charge in [0.1, 0.15) is 5.82 Å². The van der Waals surface area contributed by atoms with Crippen molar-refractivity contribution in [1.82, 2.24) is 19.9 Å². The number of nitrogens with two attached hydrogens (primary N) is 1. The summed E-state index contributed by atoms with van der Waals surface area (Å²) in [5.41, 5.74) is 10.9. The average Bonchev–Trinajstić information content (AvgIpc) is 3.12. The smallest absolute Gasteiger partial charge is 0.127 e. The lowest BCUT2D eigenvalue weighted by Crippen LogP contribution is -2.36. The fourth-order valence-corrected chi connectivity index (χ4v) is 3.45. The number of hydrogen-bond donors (Lipinski definition) is 2. The maximum absolute atomic E-state index is 9.24. The fraction of sp³-hybridized carbons (Fsp3) is 0.211. The van der Waals surface area contributed by atoms with Gasteiger partial charge in [0.2, 0.25) is 0 Å². The highest BCUT2D eigenvalue weighted by atomic mass is 15.2. The minimum atomic E-state index is -0.0112. The van der Waals surface area contributed by atoms with Crippen molar-refractivity contribution in [3.05, 3.63) is 77.0 Å². The normalized spacial score (nSPS) is 17.0. The van der Waals surface area contributed by atoms with E-state index in [1.165, 1.54) is 0 Å². The molecule has 6 heteroatoms. The van der Waals surface area contributed by atoms with Gasteiger partial charge < -0.3 is 10.7 Å². The number of nitrogens with zero attached hydrogens (tertiary/aromatic N) is 4. The van der Waals surface area contributed by atoms with Gasteiger partial charge in [0.15, 0.2) is 0 Å². The van der Waals surface area contributed by atoms with Crippen molar-refractivity contribution in [2.24, 2.45) is 0 Å². The summed E-state index contributed by atoms with van der Waals surface area (Å²) in [6, 6.07) is 13.9. The first kappa shape index (κ1) is 15.4. The predicted octanol–water partition coefficient (Wildman–Crippen LogP) is 2.41. The molecule has 0 saturated carbocycles. The summed E-state index contributed by atoms with van der Waals surface area (Å²) in [6.07, 6.45) is 4.35. The van der Waals surface area contributed by atoms with Gasteiger partial charge in [-0.1, -0.05) is 18.2 Å². The first-order valence-corrected chi connectivity index (χ1v) is 8.22. The van der Waals surface area contributed by atoms with Crippen molar-refractivity contribution in [3.8, 4) is 6.07 Å². The first-order chi connectivity index (χ1) is 12.3. The van der Waals surface area contributed by atoms with Crippen molar-refractivity contribution >= 4 is 5.82 Å². The number of hydrogen-bond acceptors (Lipinski definition) is 5. The number of nitrogens with one attached hydrogen (secondary N) is 1. The van der Waals surface area contributed by atoms with Crippen molar-refractivity contribution in [1.29, 1.82) is 5.26 Å². The second-order valence-corrected chi connectivity index (χ2v) is 6.17. The van der Waals surface area contributed by atoms with E-state index in [1.54, 1.807) is 12.5 Å². The van der Waals surface area contributed by atoms with E-state index in [9.17, 15) is 5.26 Å². The van der Waals surface area contributed by atoms with Crippen molar-refractivity contribution in [3.63, 3.8) is 0 Å². The molecule has 0 radical (unpaired) electrons. The summed E-state index contributed by atoms with van der Waals surface area (Å²) in [7, 11) is 0. The number of anilines is 1. The number of imidazole rings is 1. The minimum Gasteiger partial charge on any atom is -0.383 e. The largest absolute Gasteiger partial charge is 0.383 e. The van der Waals surface area contributed by atoms with Crippen molar-refractivity contribution in [2.45, 2.75) is 19.0 Å². The van der Waals surface area contributed by atoms with E-state index >= 15 is 0 Å². The zero-order valence-corrected chi connectivity index (χ0v) is 13.7. The molecule has 0 fully saturated rings. The molecular formula is C19H18N6. The molecule has 6 nitrogen and oxygen atoms in total. The van der Waals surface area contributed by atoms with Crippen LogP contribution in [0.2, 0.25) is 0 Å². The summed E-state index contributed by atoms with van der Waals surface area (Å²) in [4.78, 5) is 14.3. The van der Waals surface area contributed by atoms with Crippen LogP contribution in [-0.4, -0.2) is 26.4 Å². The van der Waals surface area contributed by atoms with Crippen LogP contribution in [0.15, 0.2) is 48.9 Å². The Morgan fingerprint density at radius 2 is 2.20 bits per heavy atom. The number of rotatable bonds is 3. The number of benzene rings is 1. The summed E-state index contributed by atoms with van der Waals surface area (Å²) in [5, 5.41) is 9.24. The topological polar surface area (TPSA) is 94.6 Å². The summed E-state index contributed by atoms with van der Waals surface area (Å²) in [6.45, 7) is 1.57.